The molecule has 0 N–H and O–H groups in total. The van der Waals surface area contributed by atoms with Crippen LogP contribution in [-0.4, -0.2) is 18.5 Å². The second-order valence-electron chi connectivity index (χ2n) is 3.27. The van der Waals surface area contributed by atoms with E-state index in [1.54, 1.807) is 0 Å². The van der Waals surface area contributed by atoms with Gasteiger partial charge in [-0.15, -0.1) is 0 Å². The Hall–Kier alpha value is -1.06. The fraction of sp³-hybridized carbons (Fsp3) is 0.333. The van der Waals surface area contributed by atoms with Crippen LogP contribution in [0.4, 0.5) is 35.1 Å². The third-order valence-corrected chi connectivity index (χ3v) is 2.24. The Balaban J connectivity index is 3.09. The maximum atomic E-state index is 13.1. The van der Waals surface area contributed by atoms with Gasteiger partial charge in [0.15, 0.2) is 17.4 Å². The molecule has 0 saturated carbocycles. The predicted octanol–water partition coefficient (Wildman–Crippen LogP) is 4.60. The van der Waals surface area contributed by atoms with E-state index in [0.29, 0.717) is 12.1 Å². The molecule has 0 saturated heterocycles. The summed E-state index contributed by atoms with van der Waals surface area (Å²) in [5, 5.41) is 0. The zero-order valence-electron chi connectivity index (χ0n) is 8.54. The van der Waals surface area contributed by atoms with E-state index in [4.69, 9.17) is 0 Å². The van der Waals surface area contributed by atoms with Crippen molar-refractivity contribution in [1.29, 1.82) is 0 Å². The van der Waals surface area contributed by atoms with Crippen LogP contribution in [0.5, 0.6) is 5.75 Å². The summed E-state index contributed by atoms with van der Waals surface area (Å²) in [4.78, 5) is 0. The third-order valence-electron chi connectivity index (χ3n) is 1.78. The van der Waals surface area contributed by atoms with Gasteiger partial charge in [0.05, 0.1) is 0 Å². The molecule has 0 spiro atoms. The van der Waals surface area contributed by atoms with Gasteiger partial charge in [0.1, 0.15) is 0 Å². The summed E-state index contributed by atoms with van der Waals surface area (Å²) in [5.41, 5.74) is 0. The fourth-order valence-corrected chi connectivity index (χ4v) is 1.41. The van der Waals surface area contributed by atoms with Crippen LogP contribution in [0.25, 0.3) is 0 Å². The number of benzene rings is 1. The van der Waals surface area contributed by atoms with Gasteiger partial charge in [-0.2, -0.15) is 22.0 Å². The molecule has 0 heterocycles. The maximum Gasteiger partial charge on any atom is 0.439 e. The molecule has 1 unspecified atom stereocenters. The molecular formula is C9H3BrF8O. The second-order valence-corrected chi connectivity index (χ2v) is 4.18. The highest BCUT2D eigenvalue weighted by Crippen LogP contribution is 2.38. The zero-order chi connectivity index (χ0) is 15.0. The first-order valence-corrected chi connectivity index (χ1v) is 5.16. The highest BCUT2D eigenvalue weighted by atomic mass is 79.9. The number of alkyl halides is 6. The highest BCUT2D eigenvalue weighted by Gasteiger charge is 2.59. The molecule has 10 heteroatoms. The molecule has 1 nitrogen and oxygen atoms in total. The normalized spacial score (nSPS) is 14.4. The topological polar surface area (TPSA) is 9.23 Å². The maximum absolute atomic E-state index is 13.1. The third kappa shape index (κ3) is 3.71. The average Bonchev–Trinajstić information content (AvgIpc) is 2.21. The largest absolute Gasteiger partial charge is 0.439 e. The van der Waals surface area contributed by atoms with Gasteiger partial charge < -0.3 is 4.74 Å². The van der Waals surface area contributed by atoms with Crippen LogP contribution in [0, 0.1) is 11.6 Å². The van der Waals surface area contributed by atoms with Crippen LogP contribution >= 0.6 is 15.9 Å². The van der Waals surface area contributed by atoms with Gasteiger partial charge >= 0.3 is 12.3 Å². The Morgan fingerprint density at radius 1 is 1.00 bits per heavy atom. The molecule has 1 atom stereocenters. The van der Waals surface area contributed by atoms with Crippen molar-refractivity contribution in [2.24, 2.45) is 0 Å². The molecule has 0 aromatic heterocycles. The molecule has 19 heavy (non-hydrogen) atoms. The van der Waals surface area contributed by atoms with E-state index in [1.165, 1.54) is 0 Å². The second kappa shape index (κ2) is 5.14. The summed E-state index contributed by atoms with van der Waals surface area (Å²) in [6, 6.07) is 0.935. The summed E-state index contributed by atoms with van der Waals surface area (Å²) >= 11 is 2.61. The van der Waals surface area contributed by atoms with E-state index in [0.717, 1.165) is 0 Å². The lowest BCUT2D eigenvalue weighted by molar-refractivity contribution is -0.306. The number of rotatable bonds is 3. The van der Waals surface area contributed by atoms with Crippen LogP contribution in [0.15, 0.2) is 16.6 Å². The zero-order valence-corrected chi connectivity index (χ0v) is 10.1. The molecule has 0 aliphatic heterocycles. The van der Waals surface area contributed by atoms with Gasteiger partial charge in [-0.05, 0) is 12.1 Å². The van der Waals surface area contributed by atoms with Crippen molar-refractivity contribution in [2.75, 3.05) is 0 Å². The lowest BCUT2D eigenvalue weighted by atomic mass is 10.3. The Kier molecular flexibility index (Phi) is 4.33. The van der Waals surface area contributed by atoms with Gasteiger partial charge in [0.25, 0.3) is 6.17 Å². The molecule has 0 fully saturated rings. The van der Waals surface area contributed by atoms with E-state index >= 15 is 0 Å². The first-order valence-electron chi connectivity index (χ1n) is 4.37. The van der Waals surface area contributed by atoms with Gasteiger partial charge in [0, 0.05) is 4.47 Å². The number of hydrogen-bond acceptors (Lipinski definition) is 1. The molecule has 1 aromatic carbocycles. The summed E-state index contributed by atoms with van der Waals surface area (Å²) in [6.45, 7) is 0. The summed E-state index contributed by atoms with van der Waals surface area (Å²) in [7, 11) is 0. The Morgan fingerprint density at radius 3 is 1.79 bits per heavy atom. The van der Waals surface area contributed by atoms with E-state index in [2.05, 4.69) is 20.7 Å². The van der Waals surface area contributed by atoms with Crippen molar-refractivity contribution in [2.45, 2.75) is 18.5 Å². The highest BCUT2D eigenvalue weighted by molar-refractivity contribution is 9.10. The van der Waals surface area contributed by atoms with Crippen molar-refractivity contribution in [3.63, 3.8) is 0 Å². The molecule has 0 radical (unpaired) electrons. The monoisotopic (exact) mass is 358 g/mol. The van der Waals surface area contributed by atoms with Crippen molar-refractivity contribution >= 4 is 15.9 Å². The Bertz CT molecular complexity index is 449. The lowest BCUT2D eigenvalue weighted by Crippen LogP contribution is -2.46. The Labute approximate surface area is 109 Å². The minimum absolute atomic E-state index is 0.203. The first kappa shape index (κ1) is 16.0. The minimum Gasteiger partial charge on any atom is -0.424 e. The van der Waals surface area contributed by atoms with Crippen LogP contribution in [-0.2, 0) is 0 Å². The summed E-state index contributed by atoms with van der Waals surface area (Å²) in [6.07, 6.45) is -16.1. The SMILES string of the molecule is Fc1cc(Br)cc(F)c1OC(F)(F)C(F)C(F)(F)F. The van der Waals surface area contributed by atoms with Gasteiger partial charge in [-0.3, -0.25) is 0 Å². The van der Waals surface area contributed by atoms with E-state index in [9.17, 15) is 35.1 Å². The van der Waals surface area contributed by atoms with Crippen LogP contribution in [0.1, 0.15) is 0 Å². The number of hydrogen-bond donors (Lipinski definition) is 0. The molecule has 1 aromatic rings. The van der Waals surface area contributed by atoms with Crippen LogP contribution in [0.2, 0.25) is 0 Å². The fourth-order valence-electron chi connectivity index (χ4n) is 1.00. The van der Waals surface area contributed by atoms with Gasteiger partial charge in [0.2, 0.25) is 0 Å². The molecule has 108 valence electrons. The van der Waals surface area contributed by atoms with E-state index in [-0.39, 0.29) is 4.47 Å². The molecule has 0 amide bonds. The standard InChI is InChI=1S/C9H3BrF8O/c10-3-1-4(11)6(5(12)2-3)19-9(17,18)7(13)8(14,15)16/h1-2,7H. The molecule has 0 bridgehead atoms. The van der Waals surface area contributed by atoms with E-state index < -0.39 is 35.8 Å². The average molecular weight is 359 g/mol. The van der Waals surface area contributed by atoms with Crippen LogP contribution < -0.4 is 4.74 Å². The molecule has 1 rings (SSSR count). The Morgan fingerprint density at radius 2 is 1.42 bits per heavy atom. The van der Waals surface area contributed by atoms with Crippen LogP contribution in [0.3, 0.4) is 0 Å². The molecule has 0 aliphatic rings. The number of ether oxygens (including phenoxy) is 1. The summed E-state index contributed by atoms with van der Waals surface area (Å²) < 4.78 is 103. The first-order chi connectivity index (χ1) is 8.45. The number of halogens is 9. The van der Waals surface area contributed by atoms with Gasteiger partial charge in [-0.1, -0.05) is 15.9 Å². The smallest absolute Gasteiger partial charge is 0.424 e. The van der Waals surface area contributed by atoms with Gasteiger partial charge in [-0.25, -0.2) is 13.2 Å². The lowest BCUT2D eigenvalue weighted by Gasteiger charge is -2.23. The molecule has 0 aliphatic carbocycles. The minimum atomic E-state index is -5.94. The van der Waals surface area contributed by atoms with Crippen molar-refractivity contribution in [3.05, 3.63) is 28.2 Å². The summed E-state index contributed by atoms with van der Waals surface area (Å²) in [5.74, 6) is -5.22. The van der Waals surface area contributed by atoms with E-state index in [1.807, 2.05) is 0 Å². The van der Waals surface area contributed by atoms with Crippen molar-refractivity contribution in [3.8, 4) is 5.75 Å². The predicted molar refractivity (Wildman–Crippen MR) is 50.6 cm³/mol. The molecular weight excluding hydrogens is 356 g/mol. The quantitative estimate of drug-likeness (QED) is 0.717. The van der Waals surface area contributed by atoms with Crippen molar-refractivity contribution in [1.82, 2.24) is 0 Å². The van der Waals surface area contributed by atoms with Crippen molar-refractivity contribution < 1.29 is 39.9 Å².